The van der Waals surface area contributed by atoms with Gasteiger partial charge in [0.15, 0.2) is 5.76 Å². The average Bonchev–Trinajstić information content (AvgIpc) is 3.06. The molecule has 0 fully saturated rings. The number of Topliss-reactive ketones (excluding diaryl/α,β-unsaturated/α-hetero) is 1. The molecule has 3 aromatic carbocycles. The number of halogens is 1. The zero-order valence-corrected chi connectivity index (χ0v) is 15.9. The Labute approximate surface area is 168 Å². The predicted molar refractivity (Wildman–Crippen MR) is 111 cm³/mol. The van der Waals surface area contributed by atoms with Crippen LogP contribution in [0, 0.1) is 12.7 Å². The van der Waals surface area contributed by atoms with E-state index in [1.807, 2.05) is 31.2 Å². The second-order valence-corrected chi connectivity index (χ2v) is 6.76. The van der Waals surface area contributed by atoms with Gasteiger partial charge in [-0.2, -0.15) is 0 Å². The molecule has 0 saturated heterocycles. The first kappa shape index (κ1) is 18.7. The van der Waals surface area contributed by atoms with Crippen LogP contribution in [-0.4, -0.2) is 5.78 Å². The molecule has 3 nitrogen and oxygen atoms in total. The van der Waals surface area contributed by atoms with Crippen LogP contribution in [0.1, 0.15) is 32.6 Å². The number of ether oxygens (including phenoxy) is 2. The van der Waals surface area contributed by atoms with Crippen LogP contribution >= 0.6 is 0 Å². The summed E-state index contributed by atoms with van der Waals surface area (Å²) >= 11 is 0. The summed E-state index contributed by atoms with van der Waals surface area (Å²) in [5, 5.41) is 0. The molecular weight excluding hydrogens is 367 g/mol. The third kappa shape index (κ3) is 3.69. The fraction of sp³-hybridized carbons (Fsp3) is 0.0800. The van der Waals surface area contributed by atoms with Gasteiger partial charge >= 0.3 is 0 Å². The van der Waals surface area contributed by atoms with Crippen LogP contribution in [0.2, 0.25) is 0 Å². The van der Waals surface area contributed by atoms with Gasteiger partial charge in [0, 0.05) is 11.1 Å². The van der Waals surface area contributed by atoms with Crippen molar-refractivity contribution in [1.29, 1.82) is 0 Å². The van der Waals surface area contributed by atoms with Crippen LogP contribution in [0.4, 0.5) is 4.39 Å². The molecule has 29 heavy (non-hydrogen) atoms. The number of benzene rings is 3. The summed E-state index contributed by atoms with van der Waals surface area (Å²) < 4.78 is 25.6. The molecule has 1 aliphatic rings. The molecule has 0 radical (unpaired) electrons. The highest BCUT2D eigenvalue weighted by Gasteiger charge is 2.30. The molecule has 1 heterocycles. The van der Waals surface area contributed by atoms with Crippen LogP contribution < -0.4 is 9.47 Å². The molecule has 0 aromatic heterocycles. The number of carbonyl (C=O) groups is 1. The van der Waals surface area contributed by atoms with Gasteiger partial charge in [-0.3, -0.25) is 4.79 Å². The van der Waals surface area contributed by atoms with E-state index in [9.17, 15) is 9.18 Å². The second-order valence-electron chi connectivity index (χ2n) is 6.76. The van der Waals surface area contributed by atoms with E-state index in [4.69, 9.17) is 9.47 Å². The van der Waals surface area contributed by atoms with Crippen molar-refractivity contribution in [2.24, 2.45) is 0 Å². The standard InChI is InChI=1S/C25H19FO3/c1-3-17-8-10-18(11-9-17)15-28-22-13-12-20-24(27)23(29-25(20)16(22)2)14-19-6-4-5-7-21(19)26/h3-14H,1,15H2,2H3/b23-14-. The van der Waals surface area contributed by atoms with E-state index >= 15 is 0 Å². The Hall–Kier alpha value is -3.66. The van der Waals surface area contributed by atoms with Crippen molar-refractivity contribution >= 4 is 17.9 Å². The molecule has 4 rings (SSSR count). The van der Waals surface area contributed by atoms with E-state index in [1.54, 1.807) is 36.4 Å². The van der Waals surface area contributed by atoms with Crippen molar-refractivity contribution in [2.45, 2.75) is 13.5 Å². The molecule has 4 heteroatoms. The molecule has 1 aliphatic heterocycles. The van der Waals surface area contributed by atoms with Gasteiger partial charge in [-0.1, -0.05) is 55.1 Å². The summed E-state index contributed by atoms with van der Waals surface area (Å²) in [5.41, 5.74) is 3.56. The topological polar surface area (TPSA) is 35.5 Å². The lowest BCUT2D eigenvalue weighted by atomic mass is 10.1. The van der Waals surface area contributed by atoms with Crippen LogP contribution in [-0.2, 0) is 6.61 Å². The quantitative estimate of drug-likeness (QED) is 0.507. The number of carbonyl (C=O) groups excluding carboxylic acids is 1. The summed E-state index contributed by atoms with van der Waals surface area (Å²) in [7, 11) is 0. The number of hydrogen-bond donors (Lipinski definition) is 0. The Morgan fingerprint density at radius 3 is 2.55 bits per heavy atom. The maximum absolute atomic E-state index is 13.9. The highest BCUT2D eigenvalue weighted by Crippen LogP contribution is 2.39. The van der Waals surface area contributed by atoms with Gasteiger partial charge in [0.25, 0.3) is 0 Å². The summed E-state index contributed by atoms with van der Waals surface area (Å²) in [6.07, 6.45) is 3.22. The SMILES string of the molecule is C=Cc1ccc(COc2ccc3c(c2C)O/C(=C\c2ccccc2F)C3=O)cc1. The van der Waals surface area contributed by atoms with Crippen molar-refractivity contribution < 1.29 is 18.7 Å². The van der Waals surface area contributed by atoms with Crippen molar-refractivity contribution in [1.82, 2.24) is 0 Å². The van der Waals surface area contributed by atoms with Crippen LogP contribution in [0.5, 0.6) is 11.5 Å². The van der Waals surface area contributed by atoms with Gasteiger partial charge in [-0.25, -0.2) is 4.39 Å². The van der Waals surface area contributed by atoms with E-state index < -0.39 is 5.82 Å². The van der Waals surface area contributed by atoms with Gasteiger partial charge in [0.05, 0.1) is 5.56 Å². The molecule has 0 saturated carbocycles. The first-order chi connectivity index (χ1) is 14.1. The van der Waals surface area contributed by atoms with Crippen LogP contribution in [0.3, 0.4) is 0 Å². The number of ketones is 1. The van der Waals surface area contributed by atoms with Crippen LogP contribution in [0.25, 0.3) is 12.2 Å². The summed E-state index contributed by atoms with van der Waals surface area (Å²) in [6.45, 7) is 5.98. The van der Waals surface area contributed by atoms with E-state index in [-0.39, 0.29) is 11.5 Å². The molecule has 0 N–H and O–H groups in total. The minimum absolute atomic E-state index is 0.102. The highest BCUT2D eigenvalue weighted by molar-refractivity contribution is 6.15. The average molecular weight is 386 g/mol. The van der Waals surface area contributed by atoms with Crippen molar-refractivity contribution in [3.63, 3.8) is 0 Å². The van der Waals surface area contributed by atoms with E-state index in [0.29, 0.717) is 29.2 Å². The van der Waals surface area contributed by atoms with Crippen molar-refractivity contribution in [2.75, 3.05) is 0 Å². The van der Waals surface area contributed by atoms with Crippen LogP contribution in [0.15, 0.2) is 73.0 Å². The number of rotatable bonds is 5. The Kier molecular flexibility index (Phi) is 5.00. The zero-order chi connectivity index (χ0) is 20.4. The minimum atomic E-state index is -0.407. The smallest absolute Gasteiger partial charge is 0.231 e. The number of allylic oxidation sites excluding steroid dienone is 1. The molecule has 0 aliphatic carbocycles. The van der Waals surface area contributed by atoms with Crippen molar-refractivity contribution in [3.05, 3.63) is 107 Å². The zero-order valence-electron chi connectivity index (χ0n) is 15.9. The first-order valence-electron chi connectivity index (χ1n) is 9.23. The minimum Gasteiger partial charge on any atom is -0.488 e. The predicted octanol–water partition coefficient (Wildman–Crippen LogP) is 5.97. The monoisotopic (exact) mass is 386 g/mol. The summed E-state index contributed by atoms with van der Waals surface area (Å²) in [4.78, 5) is 12.7. The number of hydrogen-bond acceptors (Lipinski definition) is 3. The Morgan fingerprint density at radius 1 is 1.07 bits per heavy atom. The van der Waals surface area contributed by atoms with Gasteiger partial charge in [0.1, 0.15) is 23.9 Å². The lowest BCUT2D eigenvalue weighted by molar-refractivity contribution is 0.101. The largest absolute Gasteiger partial charge is 0.488 e. The molecule has 0 atom stereocenters. The fourth-order valence-electron chi connectivity index (χ4n) is 3.17. The second kappa shape index (κ2) is 7.76. The summed E-state index contributed by atoms with van der Waals surface area (Å²) in [6, 6.07) is 17.6. The van der Waals surface area contributed by atoms with Crippen molar-refractivity contribution in [3.8, 4) is 11.5 Å². The van der Waals surface area contributed by atoms with Gasteiger partial charge in [-0.15, -0.1) is 0 Å². The number of fused-ring (bicyclic) bond motifs is 1. The van der Waals surface area contributed by atoms with Gasteiger partial charge < -0.3 is 9.47 Å². The summed E-state index contributed by atoms with van der Waals surface area (Å²) in [5.74, 6) is 0.521. The molecule has 0 unspecified atom stereocenters. The maximum atomic E-state index is 13.9. The normalized spacial score (nSPS) is 13.9. The molecule has 3 aromatic rings. The maximum Gasteiger partial charge on any atom is 0.231 e. The van der Waals surface area contributed by atoms with E-state index in [2.05, 4.69) is 6.58 Å². The third-order valence-corrected chi connectivity index (χ3v) is 4.84. The van der Waals surface area contributed by atoms with E-state index in [1.165, 1.54) is 12.1 Å². The van der Waals surface area contributed by atoms with Gasteiger partial charge in [-0.05, 0) is 42.3 Å². The third-order valence-electron chi connectivity index (χ3n) is 4.84. The Morgan fingerprint density at radius 2 is 1.83 bits per heavy atom. The fourth-order valence-corrected chi connectivity index (χ4v) is 3.17. The molecule has 0 amide bonds. The lowest BCUT2D eigenvalue weighted by Crippen LogP contribution is -1.98. The molecule has 144 valence electrons. The molecule has 0 bridgehead atoms. The van der Waals surface area contributed by atoms with Gasteiger partial charge in [0.2, 0.25) is 5.78 Å². The highest BCUT2D eigenvalue weighted by atomic mass is 19.1. The lowest BCUT2D eigenvalue weighted by Gasteiger charge is -2.11. The first-order valence-corrected chi connectivity index (χ1v) is 9.23. The molecular formula is C25H19FO3. The Balaban J connectivity index is 1.56. The Bertz CT molecular complexity index is 1130. The van der Waals surface area contributed by atoms with E-state index in [0.717, 1.165) is 16.7 Å². The molecule has 0 spiro atoms.